The van der Waals surface area contributed by atoms with E-state index in [1.54, 1.807) is 23.0 Å². The summed E-state index contributed by atoms with van der Waals surface area (Å²) in [6.07, 6.45) is 3.33. The Morgan fingerprint density at radius 2 is 2.11 bits per heavy atom. The van der Waals surface area contributed by atoms with E-state index in [9.17, 15) is 0 Å². The molecule has 0 saturated carbocycles. The van der Waals surface area contributed by atoms with Crippen molar-refractivity contribution in [1.29, 1.82) is 0 Å². The first-order chi connectivity index (χ1) is 13.1. The van der Waals surface area contributed by atoms with Crippen LogP contribution in [-0.4, -0.2) is 40.0 Å². The number of aryl methyl sites for hydroxylation is 1. The normalized spacial score (nSPS) is 11.1. The van der Waals surface area contributed by atoms with Crippen LogP contribution in [0.15, 0.2) is 30.7 Å². The van der Waals surface area contributed by atoms with E-state index in [1.165, 1.54) is 6.33 Å². The molecule has 0 aliphatic rings. The Morgan fingerprint density at radius 1 is 1.29 bits per heavy atom. The molecule has 3 aromatic heterocycles. The van der Waals surface area contributed by atoms with E-state index in [4.69, 9.17) is 20.3 Å². The second-order valence-electron chi connectivity index (χ2n) is 6.24. The number of nitrogens with two attached hydrogens (primary N) is 1. The number of fused-ring (bicyclic) bond motifs is 2. The molecule has 0 aliphatic carbocycles. The summed E-state index contributed by atoms with van der Waals surface area (Å²) in [6, 6.07) is 6.30. The van der Waals surface area contributed by atoms with Gasteiger partial charge in [-0.2, -0.15) is 5.10 Å². The molecule has 4 rings (SSSR count). The summed E-state index contributed by atoms with van der Waals surface area (Å²) in [5.41, 5.74) is 9.95. The Kier molecular flexibility index (Phi) is 6.04. The van der Waals surface area contributed by atoms with Crippen LogP contribution in [0.2, 0.25) is 0 Å². The molecular weight excluding hydrogens is 400 g/mol. The molecule has 0 amide bonds. The number of rotatable bonds is 6. The van der Waals surface area contributed by atoms with E-state index < -0.39 is 0 Å². The highest BCUT2D eigenvalue weighted by molar-refractivity contribution is 7.22. The van der Waals surface area contributed by atoms with Crippen LogP contribution in [0.1, 0.15) is 11.1 Å². The molecule has 3 N–H and O–H groups in total. The summed E-state index contributed by atoms with van der Waals surface area (Å²) in [6.45, 7) is 2.65. The van der Waals surface area contributed by atoms with Crippen LogP contribution in [0, 0.1) is 6.92 Å². The van der Waals surface area contributed by atoms with Crippen LogP contribution >= 0.6 is 23.7 Å². The van der Waals surface area contributed by atoms with E-state index in [-0.39, 0.29) is 25.6 Å². The van der Waals surface area contributed by atoms with Crippen molar-refractivity contribution in [2.45, 2.75) is 13.5 Å². The lowest BCUT2D eigenvalue weighted by molar-refractivity contribution is 0.0818. The fourth-order valence-corrected chi connectivity index (χ4v) is 4.47. The summed E-state index contributed by atoms with van der Waals surface area (Å²) in [5.74, 6) is 1.26. The maximum Gasteiger partial charge on any atom is 0.152 e. The number of nitrogens with zero attached hydrogens (tertiary/aromatic N) is 3. The number of halogens is 1. The van der Waals surface area contributed by atoms with Crippen LogP contribution in [-0.2, 0) is 11.3 Å². The lowest BCUT2D eigenvalue weighted by atomic mass is 10.1. The SMILES string of the molecule is COc1cc(C)cc2cc(-c3c(COCCO)cn4ncnc(N)c34)sc12.Cl. The minimum atomic E-state index is -0.0238. The number of hydrogen-bond acceptors (Lipinski definition) is 7. The van der Waals surface area contributed by atoms with Gasteiger partial charge in [-0.05, 0) is 30.0 Å². The van der Waals surface area contributed by atoms with E-state index in [0.717, 1.165) is 42.9 Å². The molecule has 0 atom stereocenters. The van der Waals surface area contributed by atoms with E-state index >= 15 is 0 Å². The van der Waals surface area contributed by atoms with Gasteiger partial charge in [0.1, 0.15) is 17.6 Å². The first-order valence-electron chi connectivity index (χ1n) is 8.50. The highest BCUT2D eigenvalue weighted by Gasteiger charge is 2.19. The average Bonchev–Trinajstić information content (AvgIpc) is 3.22. The van der Waals surface area contributed by atoms with E-state index in [0.29, 0.717) is 12.4 Å². The van der Waals surface area contributed by atoms with Gasteiger partial charge in [-0.25, -0.2) is 9.50 Å². The van der Waals surface area contributed by atoms with Gasteiger partial charge in [0, 0.05) is 22.2 Å². The van der Waals surface area contributed by atoms with Gasteiger partial charge < -0.3 is 20.3 Å². The molecule has 9 heteroatoms. The number of methoxy groups -OCH3 is 1. The maximum absolute atomic E-state index is 9.01. The third-order valence-corrected chi connectivity index (χ3v) is 5.55. The molecule has 1 aromatic carbocycles. The van der Waals surface area contributed by atoms with Gasteiger partial charge in [-0.1, -0.05) is 6.07 Å². The van der Waals surface area contributed by atoms with Gasteiger partial charge in [0.15, 0.2) is 5.82 Å². The molecule has 0 spiro atoms. The minimum absolute atomic E-state index is 0. The number of hydrogen-bond donors (Lipinski definition) is 2. The van der Waals surface area contributed by atoms with Crippen molar-refractivity contribution >= 4 is 45.2 Å². The van der Waals surface area contributed by atoms with Crippen LogP contribution in [0.25, 0.3) is 26.0 Å². The van der Waals surface area contributed by atoms with Crippen molar-refractivity contribution in [3.05, 3.63) is 41.9 Å². The van der Waals surface area contributed by atoms with Gasteiger partial charge in [0.05, 0.1) is 31.6 Å². The summed E-state index contributed by atoms with van der Waals surface area (Å²) in [4.78, 5) is 5.19. The van der Waals surface area contributed by atoms with Gasteiger partial charge >= 0.3 is 0 Å². The topological polar surface area (TPSA) is 94.9 Å². The highest BCUT2D eigenvalue weighted by Crippen LogP contribution is 2.43. The summed E-state index contributed by atoms with van der Waals surface area (Å²) in [5, 5.41) is 14.4. The van der Waals surface area contributed by atoms with Gasteiger partial charge in [0.25, 0.3) is 0 Å². The van der Waals surface area contributed by atoms with Crippen molar-refractivity contribution in [3.8, 4) is 16.2 Å². The average molecular weight is 421 g/mol. The Morgan fingerprint density at radius 3 is 2.86 bits per heavy atom. The van der Waals surface area contributed by atoms with E-state index in [1.807, 2.05) is 19.2 Å². The van der Waals surface area contributed by atoms with Crippen molar-refractivity contribution in [2.75, 3.05) is 26.1 Å². The van der Waals surface area contributed by atoms with Gasteiger partial charge in [-0.15, -0.1) is 23.7 Å². The predicted molar refractivity (Wildman–Crippen MR) is 113 cm³/mol. The second-order valence-corrected chi connectivity index (χ2v) is 7.29. The summed E-state index contributed by atoms with van der Waals surface area (Å²) in [7, 11) is 1.68. The fourth-order valence-electron chi connectivity index (χ4n) is 3.25. The second kappa shape index (κ2) is 8.32. The number of anilines is 1. The summed E-state index contributed by atoms with van der Waals surface area (Å²) < 4.78 is 13.9. The number of aliphatic hydroxyl groups is 1. The first-order valence-corrected chi connectivity index (χ1v) is 9.32. The van der Waals surface area contributed by atoms with Crippen LogP contribution < -0.4 is 10.5 Å². The third-order valence-electron chi connectivity index (χ3n) is 4.37. The van der Waals surface area contributed by atoms with Crippen LogP contribution in [0.4, 0.5) is 5.82 Å². The molecule has 0 fully saturated rings. The van der Waals surface area contributed by atoms with Crippen molar-refractivity contribution in [2.24, 2.45) is 0 Å². The molecule has 148 valence electrons. The number of thiophene rings is 1. The Labute approximate surface area is 172 Å². The standard InChI is InChI=1S/C19H20N4O3S.ClH/c1-11-5-12-7-15(27-18(12)14(6-11)25-2)16-13(9-26-4-3-24)8-23-17(16)19(20)21-10-22-23;/h5-8,10,24H,3-4,9H2,1-2H3,(H2,20,21,22);1H. The van der Waals surface area contributed by atoms with Gasteiger partial charge in [-0.3, -0.25) is 0 Å². The Balaban J connectivity index is 0.00000225. The van der Waals surface area contributed by atoms with Crippen LogP contribution in [0.3, 0.4) is 0 Å². The monoisotopic (exact) mass is 420 g/mol. The largest absolute Gasteiger partial charge is 0.495 e. The van der Waals surface area contributed by atoms with Gasteiger partial charge in [0.2, 0.25) is 0 Å². The zero-order valence-corrected chi connectivity index (χ0v) is 17.1. The number of aliphatic hydroxyl groups excluding tert-OH is 1. The van der Waals surface area contributed by atoms with E-state index in [2.05, 4.69) is 22.2 Å². The van der Waals surface area contributed by atoms with Crippen LogP contribution in [0.5, 0.6) is 5.75 Å². The fraction of sp³-hybridized carbons (Fsp3) is 0.263. The zero-order chi connectivity index (χ0) is 19.0. The molecule has 0 aliphatic heterocycles. The molecule has 7 nitrogen and oxygen atoms in total. The number of nitrogen functional groups attached to an aromatic ring is 1. The molecular formula is C19H21ClN4O3S. The quantitative estimate of drug-likeness (QED) is 0.464. The first kappa shape index (κ1) is 20.3. The lowest BCUT2D eigenvalue weighted by Gasteiger charge is -2.04. The minimum Gasteiger partial charge on any atom is -0.495 e. The Bertz CT molecular complexity index is 1130. The molecule has 0 radical (unpaired) electrons. The number of benzene rings is 1. The molecule has 0 saturated heterocycles. The maximum atomic E-state index is 9.01. The molecule has 4 aromatic rings. The van der Waals surface area contributed by atoms with Crippen molar-refractivity contribution < 1.29 is 14.6 Å². The number of ether oxygens (including phenoxy) is 2. The molecule has 28 heavy (non-hydrogen) atoms. The highest BCUT2D eigenvalue weighted by atomic mass is 35.5. The zero-order valence-electron chi connectivity index (χ0n) is 15.5. The molecule has 0 unspecified atom stereocenters. The lowest BCUT2D eigenvalue weighted by Crippen LogP contribution is -1.99. The molecule has 3 heterocycles. The predicted octanol–water partition coefficient (Wildman–Crippen LogP) is 3.44. The molecule has 0 bridgehead atoms. The summed E-state index contributed by atoms with van der Waals surface area (Å²) >= 11 is 1.64. The number of aromatic nitrogens is 3. The van der Waals surface area contributed by atoms with Crippen molar-refractivity contribution in [3.63, 3.8) is 0 Å². The Hall–Kier alpha value is -2.39. The third kappa shape index (κ3) is 3.51. The van der Waals surface area contributed by atoms with Crippen molar-refractivity contribution in [1.82, 2.24) is 14.6 Å². The smallest absolute Gasteiger partial charge is 0.152 e.